The molecule has 0 spiro atoms. The smallest absolute Gasteiger partial charge is 0.416 e. The first kappa shape index (κ1) is 28.4. The zero-order chi connectivity index (χ0) is 27.9. The second-order valence-electron chi connectivity index (χ2n) is 8.92. The van der Waals surface area contributed by atoms with Crippen LogP contribution in [0.2, 0.25) is 5.02 Å². The van der Waals surface area contributed by atoms with Gasteiger partial charge in [0.25, 0.3) is 0 Å². The molecule has 2 aromatic rings. The van der Waals surface area contributed by atoms with E-state index in [1.807, 2.05) is 0 Å². The second-order valence-corrected chi connectivity index (χ2v) is 9.32. The monoisotopic (exact) mass is 551 g/mol. The van der Waals surface area contributed by atoms with Gasteiger partial charge in [-0.05, 0) is 48.7 Å². The molecule has 1 fully saturated rings. The maximum Gasteiger partial charge on any atom is 0.416 e. The molecule has 2 atom stereocenters. The maximum absolute atomic E-state index is 13.3. The van der Waals surface area contributed by atoms with Gasteiger partial charge >= 0.3 is 24.5 Å². The maximum atomic E-state index is 13.3. The van der Waals surface area contributed by atoms with Gasteiger partial charge in [0, 0.05) is 49.9 Å². The number of carboxylic acid groups (broad SMARTS) is 1. The summed E-state index contributed by atoms with van der Waals surface area (Å²) in [6.45, 7) is 1.88. The number of likely N-dealkylation sites (tertiary alicyclic amines) is 1. The number of carbonyl (C=O) groups excluding carboxylic acids is 1. The number of anilines is 1. The molecule has 0 unspecified atom stereocenters. The highest BCUT2D eigenvalue weighted by Crippen LogP contribution is 2.39. The standard InChI is InChI=1S/C24H24ClF6N3O3/c1-13-8-14(4-5-19(13)25)18-12-34(22(36)37)7-6-20(18)33(3)21(35)32(2)17-10-15(23(26,27)28)9-16(11-17)24(29,30)31/h4-5,8-11,18,20H,6-7,12H2,1-3H3,(H,36,37)/t18-,20+/m0/s1. The molecule has 3 amide bonds. The highest BCUT2D eigenvalue weighted by Gasteiger charge is 2.40. The predicted molar refractivity (Wildman–Crippen MR) is 125 cm³/mol. The van der Waals surface area contributed by atoms with Crippen LogP contribution >= 0.6 is 11.6 Å². The Hall–Kier alpha value is -3.15. The number of halogens is 7. The number of nitrogens with zero attached hydrogens (tertiary/aromatic N) is 3. The predicted octanol–water partition coefficient (Wildman–Crippen LogP) is 6.71. The van der Waals surface area contributed by atoms with Gasteiger partial charge < -0.3 is 14.9 Å². The first-order chi connectivity index (χ1) is 17.0. The molecule has 1 saturated heterocycles. The molecule has 13 heteroatoms. The van der Waals surface area contributed by atoms with E-state index in [-0.39, 0.29) is 25.6 Å². The van der Waals surface area contributed by atoms with Gasteiger partial charge in [-0.25, -0.2) is 9.59 Å². The van der Waals surface area contributed by atoms with E-state index in [1.54, 1.807) is 25.1 Å². The second kappa shape index (κ2) is 10.3. The Morgan fingerprint density at radius 2 is 1.57 bits per heavy atom. The number of urea groups is 1. The molecule has 37 heavy (non-hydrogen) atoms. The minimum Gasteiger partial charge on any atom is -0.465 e. The van der Waals surface area contributed by atoms with Crippen LogP contribution in [-0.2, 0) is 12.4 Å². The van der Waals surface area contributed by atoms with Crippen LogP contribution in [0.4, 0.5) is 41.6 Å². The van der Waals surface area contributed by atoms with Crippen LogP contribution in [0.5, 0.6) is 0 Å². The highest BCUT2D eigenvalue weighted by atomic mass is 35.5. The Balaban J connectivity index is 1.97. The first-order valence-electron chi connectivity index (χ1n) is 11.0. The summed E-state index contributed by atoms with van der Waals surface area (Å²) in [6, 6.07) is 4.60. The van der Waals surface area contributed by atoms with Crippen molar-refractivity contribution in [3.05, 3.63) is 63.7 Å². The lowest BCUT2D eigenvalue weighted by atomic mass is 9.84. The van der Waals surface area contributed by atoms with Crippen molar-refractivity contribution in [3.63, 3.8) is 0 Å². The van der Waals surface area contributed by atoms with Crippen molar-refractivity contribution in [3.8, 4) is 0 Å². The van der Waals surface area contributed by atoms with Crippen molar-refractivity contribution in [2.75, 3.05) is 32.1 Å². The summed E-state index contributed by atoms with van der Waals surface area (Å²) in [6.07, 6.45) is -11.1. The summed E-state index contributed by atoms with van der Waals surface area (Å²) in [7, 11) is 2.47. The van der Waals surface area contributed by atoms with Crippen molar-refractivity contribution in [1.29, 1.82) is 0 Å². The van der Waals surface area contributed by atoms with Crippen molar-refractivity contribution in [1.82, 2.24) is 9.80 Å². The number of piperidine rings is 1. The number of hydrogen-bond donors (Lipinski definition) is 1. The molecular formula is C24H24ClF6N3O3. The van der Waals surface area contributed by atoms with Gasteiger partial charge in [0.1, 0.15) is 0 Å². The molecule has 0 aromatic heterocycles. The molecule has 0 radical (unpaired) electrons. The molecular weight excluding hydrogens is 528 g/mol. The van der Waals surface area contributed by atoms with Gasteiger partial charge in [-0.15, -0.1) is 0 Å². The van der Waals surface area contributed by atoms with E-state index in [4.69, 9.17) is 11.6 Å². The minimum atomic E-state index is -5.06. The van der Waals surface area contributed by atoms with Crippen LogP contribution in [0.3, 0.4) is 0 Å². The van der Waals surface area contributed by atoms with Gasteiger partial charge in [-0.2, -0.15) is 26.3 Å². The Morgan fingerprint density at radius 3 is 2.05 bits per heavy atom. The molecule has 1 heterocycles. The van der Waals surface area contributed by atoms with Crippen molar-refractivity contribution >= 4 is 29.4 Å². The SMILES string of the molecule is Cc1cc([C@@H]2CN(C(=O)O)CC[C@H]2N(C)C(=O)N(C)c2cc(C(F)(F)F)cc(C(F)(F)F)c2)ccc1Cl. The number of amides is 3. The van der Waals surface area contributed by atoms with Gasteiger partial charge in [0.05, 0.1) is 11.1 Å². The number of hydrogen-bond acceptors (Lipinski definition) is 2. The molecule has 0 saturated carbocycles. The number of carbonyl (C=O) groups is 2. The molecule has 6 nitrogen and oxygen atoms in total. The zero-order valence-electron chi connectivity index (χ0n) is 20.0. The van der Waals surface area contributed by atoms with Gasteiger partial charge in [0.15, 0.2) is 0 Å². The first-order valence-corrected chi connectivity index (χ1v) is 11.4. The fourth-order valence-electron chi connectivity index (χ4n) is 4.42. The van der Waals surface area contributed by atoms with E-state index in [2.05, 4.69) is 0 Å². The van der Waals surface area contributed by atoms with Crippen LogP contribution in [-0.4, -0.2) is 60.3 Å². The zero-order valence-corrected chi connectivity index (χ0v) is 20.7. The number of aryl methyl sites for hydroxylation is 1. The average Bonchev–Trinajstić information content (AvgIpc) is 2.82. The minimum absolute atomic E-state index is 0.00788. The van der Waals surface area contributed by atoms with Gasteiger partial charge in [-0.3, -0.25) is 4.90 Å². The van der Waals surface area contributed by atoms with E-state index in [0.29, 0.717) is 22.7 Å². The Bertz CT molecular complexity index is 1160. The van der Waals surface area contributed by atoms with Crippen LogP contribution in [0.1, 0.15) is 34.6 Å². The number of rotatable bonds is 3. The molecule has 202 valence electrons. The highest BCUT2D eigenvalue weighted by molar-refractivity contribution is 6.31. The molecule has 2 aromatic carbocycles. The number of benzene rings is 2. The average molecular weight is 552 g/mol. The Kier molecular flexibility index (Phi) is 7.92. The molecule has 1 N–H and O–H groups in total. The number of alkyl halides is 6. The number of likely N-dealkylation sites (N-methyl/N-ethyl adjacent to an activating group) is 1. The molecule has 1 aliphatic heterocycles. The molecule has 0 bridgehead atoms. The third-order valence-corrected chi connectivity index (χ3v) is 6.93. The fraction of sp³-hybridized carbons (Fsp3) is 0.417. The Labute approximate surface area is 214 Å². The normalized spacial score (nSPS) is 18.5. The Morgan fingerprint density at radius 1 is 1.00 bits per heavy atom. The van der Waals surface area contributed by atoms with Gasteiger partial charge in [0.2, 0.25) is 0 Å². The third kappa shape index (κ3) is 6.23. The van der Waals surface area contributed by atoms with Crippen molar-refractivity contribution in [2.24, 2.45) is 0 Å². The lowest BCUT2D eigenvalue weighted by Gasteiger charge is -2.43. The van der Waals surface area contributed by atoms with Crippen molar-refractivity contribution < 1.29 is 41.0 Å². The van der Waals surface area contributed by atoms with E-state index >= 15 is 0 Å². The summed E-state index contributed by atoms with van der Waals surface area (Å²) in [4.78, 5) is 28.1. The van der Waals surface area contributed by atoms with Crippen LogP contribution in [0.15, 0.2) is 36.4 Å². The summed E-state index contributed by atoms with van der Waals surface area (Å²) in [5.41, 5.74) is -2.24. The van der Waals surface area contributed by atoms with E-state index in [1.165, 1.54) is 16.8 Å². The largest absolute Gasteiger partial charge is 0.465 e. The topological polar surface area (TPSA) is 64.1 Å². The van der Waals surface area contributed by atoms with Crippen LogP contribution in [0.25, 0.3) is 0 Å². The van der Waals surface area contributed by atoms with E-state index in [9.17, 15) is 41.0 Å². The quantitative estimate of drug-likeness (QED) is 0.431. The fourth-order valence-corrected chi connectivity index (χ4v) is 4.54. The molecule has 0 aliphatic carbocycles. The van der Waals surface area contributed by atoms with E-state index in [0.717, 1.165) is 17.5 Å². The van der Waals surface area contributed by atoms with Crippen LogP contribution in [0, 0.1) is 6.92 Å². The third-order valence-electron chi connectivity index (χ3n) is 6.50. The summed E-state index contributed by atoms with van der Waals surface area (Å²) >= 11 is 6.11. The summed E-state index contributed by atoms with van der Waals surface area (Å²) in [5, 5.41) is 9.97. The summed E-state index contributed by atoms with van der Waals surface area (Å²) < 4.78 is 79.9. The van der Waals surface area contributed by atoms with Crippen LogP contribution < -0.4 is 4.90 Å². The lowest BCUT2D eigenvalue weighted by Crippen LogP contribution is -2.54. The summed E-state index contributed by atoms with van der Waals surface area (Å²) in [5.74, 6) is -0.518. The molecule has 3 rings (SSSR count). The molecule has 1 aliphatic rings. The van der Waals surface area contributed by atoms with E-state index < -0.39 is 53.3 Å². The lowest BCUT2D eigenvalue weighted by molar-refractivity contribution is -0.143. The van der Waals surface area contributed by atoms with Crippen molar-refractivity contribution in [2.45, 2.75) is 37.7 Å². The van der Waals surface area contributed by atoms with Gasteiger partial charge in [-0.1, -0.05) is 23.7 Å².